The van der Waals surface area contributed by atoms with E-state index >= 15 is 0 Å². The Morgan fingerprint density at radius 1 is 1.23 bits per heavy atom. The molecule has 0 aliphatic carbocycles. The Labute approximate surface area is 157 Å². The molecule has 0 radical (unpaired) electrons. The van der Waals surface area contributed by atoms with Gasteiger partial charge in [0.2, 0.25) is 0 Å². The Kier molecular flexibility index (Phi) is 7.09. The van der Waals surface area contributed by atoms with Gasteiger partial charge in [-0.1, -0.05) is 55.8 Å². The number of aliphatic carboxylic acids is 1. The van der Waals surface area contributed by atoms with Gasteiger partial charge in [0, 0.05) is 25.4 Å². The summed E-state index contributed by atoms with van der Waals surface area (Å²) in [6.45, 7) is 4.53. The van der Waals surface area contributed by atoms with Crippen molar-refractivity contribution in [1.29, 1.82) is 0 Å². The van der Waals surface area contributed by atoms with Crippen molar-refractivity contribution < 1.29 is 14.7 Å². The van der Waals surface area contributed by atoms with Crippen molar-refractivity contribution in [2.24, 2.45) is 0 Å². The average molecular weight is 376 g/mol. The third-order valence-corrected chi connectivity index (χ3v) is 4.08. The van der Waals surface area contributed by atoms with Crippen LogP contribution in [0.15, 0.2) is 36.5 Å². The molecular weight excluding hydrogens is 354 g/mol. The molecule has 0 fully saturated rings. The van der Waals surface area contributed by atoms with Crippen LogP contribution in [0.1, 0.15) is 54.5 Å². The van der Waals surface area contributed by atoms with Gasteiger partial charge in [-0.15, -0.1) is 0 Å². The summed E-state index contributed by atoms with van der Waals surface area (Å²) in [5.74, 6) is -0.607. The SMILES string of the molecule is CC(C)c1ncc(Cl)c(C(=O)N(CCCC(=O)O)Cc2ccccc2)n1. The van der Waals surface area contributed by atoms with E-state index in [0.29, 0.717) is 25.3 Å². The van der Waals surface area contributed by atoms with Gasteiger partial charge < -0.3 is 10.0 Å². The summed E-state index contributed by atoms with van der Waals surface area (Å²) in [5.41, 5.74) is 1.10. The maximum absolute atomic E-state index is 13.0. The predicted octanol–water partition coefficient (Wildman–Crippen LogP) is 3.76. The number of carboxylic acid groups (broad SMARTS) is 1. The van der Waals surface area contributed by atoms with Crippen molar-refractivity contribution >= 4 is 23.5 Å². The number of rotatable bonds is 8. The first-order valence-corrected chi connectivity index (χ1v) is 8.83. The van der Waals surface area contributed by atoms with Crippen LogP contribution >= 0.6 is 11.6 Å². The lowest BCUT2D eigenvalue weighted by Gasteiger charge is -2.23. The molecule has 0 spiro atoms. The second kappa shape index (κ2) is 9.29. The number of amides is 1. The fourth-order valence-corrected chi connectivity index (χ4v) is 2.61. The molecule has 1 amide bonds. The largest absolute Gasteiger partial charge is 0.481 e. The standard InChI is InChI=1S/C19H22ClN3O3/c1-13(2)18-21-11-15(20)17(22-18)19(26)23(10-6-9-16(24)25)12-14-7-4-3-5-8-14/h3-5,7-8,11,13H,6,9-10,12H2,1-2H3,(H,24,25). The molecule has 2 aromatic rings. The van der Waals surface area contributed by atoms with Gasteiger partial charge in [-0.05, 0) is 12.0 Å². The van der Waals surface area contributed by atoms with Crippen LogP contribution < -0.4 is 0 Å². The van der Waals surface area contributed by atoms with Crippen molar-refractivity contribution in [2.45, 2.75) is 39.2 Å². The fourth-order valence-electron chi connectivity index (χ4n) is 2.44. The molecule has 0 saturated carbocycles. The Hall–Kier alpha value is -2.47. The Morgan fingerprint density at radius 2 is 1.92 bits per heavy atom. The number of carbonyl (C=O) groups is 2. The van der Waals surface area contributed by atoms with E-state index in [1.165, 1.54) is 6.20 Å². The van der Waals surface area contributed by atoms with Crippen molar-refractivity contribution in [3.63, 3.8) is 0 Å². The van der Waals surface area contributed by atoms with E-state index in [9.17, 15) is 9.59 Å². The zero-order chi connectivity index (χ0) is 19.1. The maximum atomic E-state index is 13.0. The van der Waals surface area contributed by atoms with Crippen LogP contribution in [0.3, 0.4) is 0 Å². The van der Waals surface area contributed by atoms with Gasteiger partial charge in [0.1, 0.15) is 5.82 Å². The molecule has 0 saturated heterocycles. The van der Waals surface area contributed by atoms with Crippen LogP contribution in [0, 0.1) is 0 Å². The van der Waals surface area contributed by atoms with Crippen molar-refractivity contribution in [2.75, 3.05) is 6.54 Å². The third kappa shape index (κ3) is 5.52. The van der Waals surface area contributed by atoms with E-state index < -0.39 is 5.97 Å². The summed E-state index contributed by atoms with van der Waals surface area (Å²) in [4.78, 5) is 33.9. The van der Waals surface area contributed by atoms with Crippen LogP contribution in [0.4, 0.5) is 0 Å². The number of hydrogen-bond acceptors (Lipinski definition) is 4. The predicted molar refractivity (Wildman–Crippen MR) is 99.2 cm³/mol. The zero-order valence-electron chi connectivity index (χ0n) is 14.9. The van der Waals surface area contributed by atoms with E-state index in [1.807, 2.05) is 44.2 Å². The van der Waals surface area contributed by atoms with Crippen LogP contribution in [0.2, 0.25) is 5.02 Å². The van der Waals surface area contributed by atoms with Gasteiger partial charge >= 0.3 is 5.97 Å². The van der Waals surface area contributed by atoms with E-state index in [4.69, 9.17) is 16.7 Å². The summed E-state index contributed by atoms with van der Waals surface area (Å²) in [7, 11) is 0. The van der Waals surface area contributed by atoms with Crippen LogP contribution in [0.25, 0.3) is 0 Å². The van der Waals surface area contributed by atoms with Crippen molar-refractivity contribution in [1.82, 2.24) is 14.9 Å². The molecule has 0 aliphatic heterocycles. The number of halogens is 1. The monoisotopic (exact) mass is 375 g/mol. The minimum atomic E-state index is -0.890. The van der Waals surface area contributed by atoms with Gasteiger partial charge in [-0.2, -0.15) is 0 Å². The second-order valence-corrected chi connectivity index (χ2v) is 6.70. The minimum Gasteiger partial charge on any atom is -0.481 e. The van der Waals surface area contributed by atoms with E-state index in [1.54, 1.807) is 4.90 Å². The van der Waals surface area contributed by atoms with Crippen molar-refractivity contribution in [3.05, 3.63) is 58.6 Å². The zero-order valence-corrected chi connectivity index (χ0v) is 15.6. The normalized spacial score (nSPS) is 10.8. The summed E-state index contributed by atoms with van der Waals surface area (Å²) >= 11 is 6.16. The Morgan fingerprint density at radius 3 is 2.54 bits per heavy atom. The van der Waals surface area contributed by atoms with Gasteiger partial charge in [-0.3, -0.25) is 9.59 Å². The molecule has 1 aromatic carbocycles. The molecule has 2 rings (SSSR count). The van der Waals surface area contributed by atoms with Crippen LogP contribution in [0.5, 0.6) is 0 Å². The molecule has 6 nitrogen and oxygen atoms in total. The average Bonchev–Trinajstić information content (AvgIpc) is 2.61. The van der Waals surface area contributed by atoms with Crippen molar-refractivity contribution in [3.8, 4) is 0 Å². The van der Waals surface area contributed by atoms with Gasteiger partial charge in [0.25, 0.3) is 5.91 Å². The highest BCUT2D eigenvalue weighted by atomic mass is 35.5. The maximum Gasteiger partial charge on any atom is 0.303 e. The molecule has 0 unspecified atom stereocenters. The smallest absolute Gasteiger partial charge is 0.303 e. The molecule has 0 atom stereocenters. The quantitative estimate of drug-likeness (QED) is 0.759. The van der Waals surface area contributed by atoms with E-state index in [-0.39, 0.29) is 29.0 Å². The molecule has 1 aromatic heterocycles. The van der Waals surface area contributed by atoms with Gasteiger partial charge in [0.15, 0.2) is 5.69 Å². The molecule has 138 valence electrons. The molecule has 26 heavy (non-hydrogen) atoms. The minimum absolute atomic E-state index is 0.00663. The van der Waals surface area contributed by atoms with E-state index in [2.05, 4.69) is 9.97 Å². The third-order valence-electron chi connectivity index (χ3n) is 3.80. The fraction of sp³-hybridized carbons (Fsp3) is 0.368. The first-order valence-electron chi connectivity index (χ1n) is 8.46. The number of nitrogens with zero attached hydrogens (tertiary/aromatic N) is 3. The summed E-state index contributed by atoms with van der Waals surface area (Å²) in [5, 5.41) is 9.06. The topological polar surface area (TPSA) is 83.4 Å². The number of carboxylic acids is 1. The molecule has 1 N–H and O–H groups in total. The molecule has 0 aliphatic rings. The lowest BCUT2D eigenvalue weighted by Crippen LogP contribution is -2.33. The molecule has 0 bridgehead atoms. The first-order chi connectivity index (χ1) is 12.4. The summed E-state index contributed by atoms with van der Waals surface area (Å²) < 4.78 is 0. The van der Waals surface area contributed by atoms with Crippen LogP contribution in [-0.2, 0) is 11.3 Å². The van der Waals surface area contributed by atoms with E-state index in [0.717, 1.165) is 5.56 Å². The highest BCUT2D eigenvalue weighted by molar-refractivity contribution is 6.33. The van der Waals surface area contributed by atoms with Crippen LogP contribution in [-0.4, -0.2) is 38.4 Å². The molecule has 7 heteroatoms. The first kappa shape index (κ1) is 19.8. The lowest BCUT2D eigenvalue weighted by molar-refractivity contribution is -0.137. The lowest BCUT2D eigenvalue weighted by atomic mass is 10.1. The van der Waals surface area contributed by atoms with Gasteiger partial charge in [-0.25, -0.2) is 9.97 Å². The number of aromatic nitrogens is 2. The summed E-state index contributed by atoms with van der Waals surface area (Å²) in [6.07, 6.45) is 1.79. The van der Waals surface area contributed by atoms with Gasteiger partial charge in [0.05, 0.1) is 11.2 Å². The highest BCUT2D eigenvalue weighted by Gasteiger charge is 2.22. The number of benzene rings is 1. The highest BCUT2D eigenvalue weighted by Crippen LogP contribution is 2.19. The Bertz CT molecular complexity index is 766. The molecular formula is C19H22ClN3O3. The molecule has 1 heterocycles. The second-order valence-electron chi connectivity index (χ2n) is 6.29. The number of carbonyl (C=O) groups excluding carboxylic acids is 1. The summed E-state index contributed by atoms with van der Waals surface area (Å²) in [6, 6.07) is 9.51. The Balaban J connectivity index is 2.26. The number of hydrogen-bond donors (Lipinski definition) is 1.